The first-order chi connectivity index (χ1) is 12.6. The van der Waals surface area contributed by atoms with Crippen LogP contribution in [0.2, 0.25) is 0 Å². The third kappa shape index (κ3) is 3.85. The van der Waals surface area contributed by atoms with Crippen molar-refractivity contribution < 1.29 is 19.0 Å². The van der Waals surface area contributed by atoms with E-state index in [9.17, 15) is 4.79 Å². The second-order valence-corrected chi connectivity index (χ2v) is 6.16. The minimum absolute atomic E-state index is 0.0757. The maximum absolute atomic E-state index is 12.5. The number of ether oxygens (including phenoxy) is 3. The average molecular weight is 356 g/mol. The molecule has 1 aliphatic heterocycles. The van der Waals surface area contributed by atoms with Crippen molar-refractivity contribution in [2.45, 2.75) is 19.5 Å². The summed E-state index contributed by atoms with van der Waals surface area (Å²) < 4.78 is 15.9. The summed E-state index contributed by atoms with van der Waals surface area (Å²) in [5.41, 5.74) is 3.28. The SMILES string of the molecule is COc1cccc(CNC(=O)N2CCc3cc(OC)c(OC)cc3C2)c1. The fraction of sp³-hybridized carbons (Fsp3) is 0.350. The van der Waals surface area contributed by atoms with Crippen LogP contribution in [-0.2, 0) is 19.5 Å². The van der Waals surface area contributed by atoms with Gasteiger partial charge in [-0.15, -0.1) is 0 Å². The van der Waals surface area contributed by atoms with Crippen molar-refractivity contribution in [2.75, 3.05) is 27.9 Å². The summed E-state index contributed by atoms with van der Waals surface area (Å²) in [7, 11) is 4.88. The molecular weight excluding hydrogens is 332 g/mol. The highest BCUT2D eigenvalue weighted by Gasteiger charge is 2.22. The summed E-state index contributed by atoms with van der Waals surface area (Å²) in [5.74, 6) is 2.19. The zero-order chi connectivity index (χ0) is 18.5. The predicted molar refractivity (Wildman–Crippen MR) is 98.9 cm³/mol. The number of nitrogens with zero attached hydrogens (tertiary/aromatic N) is 1. The first kappa shape index (κ1) is 17.9. The van der Waals surface area contributed by atoms with E-state index in [2.05, 4.69) is 5.32 Å². The lowest BCUT2D eigenvalue weighted by atomic mass is 9.99. The second kappa shape index (κ2) is 7.99. The van der Waals surface area contributed by atoms with Crippen LogP contribution in [0, 0.1) is 0 Å². The molecule has 2 aromatic rings. The van der Waals surface area contributed by atoms with Crippen molar-refractivity contribution in [1.29, 1.82) is 0 Å². The highest BCUT2D eigenvalue weighted by molar-refractivity contribution is 5.74. The van der Waals surface area contributed by atoms with Gasteiger partial charge >= 0.3 is 6.03 Å². The molecule has 0 aromatic heterocycles. The topological polar surface area (TPSA) is 60.0 Å². The quantitative estimate of drug-likeness (QED) is 0.895. The number of methoxy groups -OCH3 is 3. The number of benzene rings is 2. The van der Waals surface area contributed by atoms with E-state index in [1.54, 1.807) is 21.3 Å². The Balaban J connectivity index is 1.65. The third-order valence-corrected chi connectivity index (χ3v) is 4.58. The molecule has 1 N–H and O–H groups in total. The van der Waals surface area contributed by atoms with Crippen LogP contribution in [-0.4, -0.2) is 38.8 Å². The van der Waals surface area contributed by atoms with Gasteiger partial charge in [-0.2, -0.15) is 0 Å². The van der Waals surface area contributed by atoms with Gasteiger partial charge in [0.25, 0.3) is 0 Å². The van der Waals surface area contributed by atoms with Gasteiger partial charge in [0.05, 0.1) is 21.3 Å². The van der Waals surface area contributed by atoms with Gasteiger partial charge in [0.2, 0.25) is 0 Å². The number of hydrogen-bond acceptors (Lipinski definition) is 4. The van der Waals surface area contributed by atoms with Gasteiger partial charge in [0, 0.05) is 19.6 Å². The summed E-state index contributed by atoms with van der Waals surface area (Å²) in [6.45, 7) is 1.69. The maximum Gasteiger partial charge on any atom is 0.317 e. The van der Waals surface area contributed by atoms with E-state index >= 15 is 0 Å². The summed E-state index contributed by atoms with van der Waals surface area (Å²) in [6.07, 6.45) is 0.794. The zero-order valence-corrected chi connectivity index (χ0v) is 15.4. The van der Waals surface area contributed by atoms with Gasteiger partial charge in [-0.05, 0) is 47.4 Å². The molecule has 0 bridgehead atoms. The molecule has 1 aliphatic rings. The number of hydrogen-bond donors (Lipinski definition) is 1. The van der Waals surface area contributed by atoms with Crippen molar-refractivity contribution in [2.24, 2.45) is 0 Å². The molecule has 6 heteroatoms. The Labute approximate surface area is 153 Å². The van der Waals surface area contributed by atoms with Gasteiger partial charge in [-0.3, -0.25) is 0 Å². The van der Waals surface area contributed by atoms with Crippen molar-refractivity contribution in [1.82, 2.24) is 10.2 Å². The van der Waals surface area contributed by atoms with E-state index in [1.807, 2.05) is 41.3 Å². The van der Waals surface area contributed by atoms with Crippen LogP contribution in [0.1, 0.15) is 16.7 Å². The Morgan fingerprint density at radius 2 is 1.77 bits per heavy atom. The van der Waals surface area contributed by atoms with E-state index in [0.29, 0.717) is 25.4 Å². The third-order valence-electron chi connectivity index (χ3n) is 4.58. The molecule has 2 amide bonds. The van der Waals surface area contributed by atoms with Crippen LogP contribution < -0.4 is 19.5 Å². The molecule has 2 aromatic carbocycles. The number of rotatable bonds is 5. The highest BCUT2D eigenvalue weighted by Crippen LogP contribution is 2.33. The summed E-state index contributed by atoms with van der Waals surface area (Å²) >= 11 is 0. The normalized spacial score (nSPS) is 13.0. The number of fused-ring (bicyclic) bond motifs is 1. The monoisotopic (exact) mass is 356 g/mol. The molecule has 138 valence electrons. The van der Waals surface area contributed by atoms with Crippen LogP contribution in [0.4, 0.5) is 4.79 Å². The van der Waals surface area contributed by atoms with E-state index in [1.165, 1.54) is 5.56 Å². The van der Waals surface area contributed by atoms with Gasteiger partial charge in [0.15, 0.2) is 11.5 Å². The predicted octanol–water partition coefficient (Wildman–Crippen LogP) is 2.98. The lowest BCUT2D eigenvalue weighted by molar-refractivity contribution is 0.191. The van der Waals surface area contributed by atoms with E-state index in [4.69, 9.17) is 14.2 Å². The molecule has 1 heterocycles. The number of carbonyl (C=O) groups excluding carboxylic acids is 1. The van der Waals surface area contributed by atoms with E-state index in [-0.39, 0.29) is 6.03 Å². The molecule has 0 saturated carbocycles. The van der Waals surface area contributed by atoms with E-state index < -0.39 is 0 Å². The first-order valence-electron chi connectivity index (χ1n) is 8.54. The van der Waals surface area contributed by atoms with Gasteiger partial charge in [-0.25, -0.2) is 4.79 Å². The van der Waals surface area contributed by atoms with Gasteiger partial charge in [0.1, 0.15) is 5.75 Å². The number of urea groups is 1. The average Bonchev–Trinajstić information content (AvgIpc) is 2.70. The fourth-order valence-electron chi connectivity index (χ4n) is 3.13. The van der Waals surface area contributed by atoms with Crippen LogP contribution in [0.15, 0.2) is 36.4 Å². The molecule has 0 atom stereocenters. The largest absolute Gasteiger partial charge is 0.497 e. The van der Waals surface area contributed by atoms with Crippen molar-refractivity contribution in [3.05, 3.63) is 53.1 Å². The minimum atomic E-state index is -0.0757. The van der Waals surface area contributed by atoms with Crippen molar-refractivity contribution in [3.8, 4) is 17.2 Å². The van der Waals surface area contributed by atoms with Crippen LogP contribution >= 0.6 is 0 Å². The molecule has 0 spiro atoms. The molecule has 26 heavy (non-hydrogen) atoms. The second-order valence-electron chi connectivity index (χ2n) is 6.16. The zero-order valence-electron chi connectivity index (χ0n) is 15.4. The Morgan fingerprint density at radius 1 is 1.04 bits per heavy atom. The molecule has 0 saturated heterocycles. The minimum Gasteiger partial charge on any atom is -0.497 e. The van der Waals surface area contributed by atoms with Crippen LogP contribution in [0.25, 0.3) is 0 Å². The Morgan fingerprint density at radius 3 is 2.46 bits per heavy atom. The maximum atomic E-state index is 12.5. The van der Waals surface area contributed by atoms with Crippen molar-refractivity contribution >= 4 is 6.03 Å². The first-order valence-corrected chi connectivity index (χ1v) is 8.54. The van der Waals surface area contributed by atoms with Crippen LogP contribution in [0.3, 0.4) is 0 Å². The number of amides is 2. The molecule has 0 unspecified atom stereocenters. The number of nitrogens with one attached hydrogen (secondary N) is 1. The summed E-state index contributed by atoms with van der Waals surface area (Å²) in [5, 5.41) is 2.98. The Hall–Kier alpha value is -2.89. The van der Waals surface area contributed by atoms with Crippen LogP contribution in [0.5, 0.6) is 17.2 Å². The molecule has 6 nitrogen and oxygen atoms in total. The lowest BCUT2D eigenvalue weighted by Crippen LogP contribution is -2.42. The number of carbonyl (C=O) groups is 1. The molecule has 3 rings (SSSR count). The fourth-order valence-corrected chi connectivity index (χ4v) is 3.13. The molecule has 0 fully saturated rings. The van der Waals surface area contributed by atoms with Gasteiger partial charge < -0.3 is 24.4 Å². The lowest BCUT2D eigenvalue weighted by Gasteiger charge is -2.29. The smallest absolute Gasteiger partial charge is 0.317 e. The molecular formula is C20H24N2O4. The summed E-state index contributed by atoms with van der Waals surface area (Å²) in [4.78, 5) is 14.4. The molecule has 0 radical (unpaired) electrons. The standard InChI is InChI=1S/C20H24N2O4/c1-24-17-6-4-5-14(9-17)12-21-20(23)22-8-7-15-10-18(25-2)19(26-3)11-16(15)13-22/h4-6,9-11H,7-8,12-13H2,1-3H3,(H,21,23). The molecule has 0 aliphatic carbocycles. The van der Waals surface area contributed by atoms with Gasteiger partial charge in [-0.1, -0.05) is 12.1 Å². The summed E-state index contributed by atoms with van der Waals surface area (Å²) in [6, 6.07) is 11.6. The van der Waals surface area contributed by atoms with Crippen molar-refractivity contribution in [3.63, 3.8) is 0 Å². The van der Waals surface area contributed by atoms with E-state index in [0.717, 1.165) is 29.0 Å². The Bertz CT molecular complexity index is 791. The highest BCUT2D eigenvalue weighted by atomic mass is 16.5. The Kier molecular flexibility index (Phi) is 5.51.